The van der Waals surface area contributed by atoms with Gasteiger partial charge in [-0.25, -0.2) is 0 Å². The van der Waals surface area contributed by atoms with Crippen LogP contribution in [0.4, 0.5) is 0 Å². The summed E-state index contributed by atoms with van der Waals surface area (Å²) >= 11 is 0. The van der Waals surface area contributed by atoms with Crippen LogP contribution in [0.25, 0.3) is 0 Å². The molecule has 0 spiro atoms. The SMILES string of the molecule is C=C[C@@]1(C)C[C@H]2OC(=O)[C@@H](C)[C@H]2C[C@H]1[C@@]1(C)CO1. The fourth-order valence-corrected chi connectivity index (χ4v) is 3.99. The highest BCUT2D eigenvalue weighted by Crippen LogP contribution is 2.57. The van der Waals surface area contributed by atoms with E-state index in [1.54, 1.807) is 0 Å². The van der Waals surface area contributed by atoms with Gasteiger partial charge in [0.05, 0.1) is 18.1 Å². The van der Waals surface area contributed by atoms with Crippen molar-refractivity contribution in [1.82, 2.24) is 0 Å². The first kappa shape index (κ1) is 12.2. The van der Waals surface area contributed by atoms with Gasteiger partial charge in [-0.3, -0.25) is 4.79 Å². The highest BCUT2D eigenvalue weighted by atomic mass is 16.6. The number of rotatable bonds is 2. The topological polar surface area (TPSA) is 38.8 Å². The monoisotopic (exact) mass is 250 g/mol. The van der Waals surface area contributed by atoms with E-state index in [4.69, 9.17) is 9.47 Å². The van der Waals surface area contributed by atoms with E-state index in [2.05, 4.69) is 20.4 Å². The Morgan fingerprint density at radius 2 is 2.11 bits per heavy atom. The van der Waals surface area contributed by atoms with Crippen LogP contribution in [0.5, 0.6) is 0 Å². The number of epoxide rings is 1. The normalized spacial score (nSPS) is 54.7. The van der Waals surface area contributed by atoms with Gasteiger partial charge in [-0.15, -0.1) is 6.58 Å². The van der Waals surface area contributed by atoms with Gasteiger partial charge in [0.1, 0.15) is 6.10 Å². The zero-order chi connectivity index (χ0) is 13.1. The molecule has 3 heteroatoms. The molecule has 2 saturated heterocycles. The number of hydrogen-bond donors (Lipinski definition) is 0. The van der Waals surface area contributed by atoms with E-state index in [1.807, 2.05) is 13.0 Å². The molecule has 0 N–H and O–H groups in total. The summed E-state index contributed by atoms with van der Waals surface area (Å²) in [6.07, 6.45) is 4.02. The first-order valence-corrected chi connectivity index (χ1v) is 6.88. The molecule has 3 nitrogen and oxygen atoms in total. The standard InChI is InChI=1S/C15H22O3/c1-5-14(3)7-11-10(9(2)13(16)18-11)6-12(14)15(4)8-17-15/h5,9-12H,1,6-8H2,2-4H3/t9-,10+,11+,12+,14-,15+/m0/s1. The lowest BCUT2D eigenvalue weighted by Crippen LogP contribution is -2.46. The summed E-state index contributed by atoms with van der Waals surface area (Å²) in [6, 6.07) is 0. The molecule has 3 aliphatic rings. The Morgan fingerprint density at radius 1 is 1.44 bits per heavy atom. The molecule has 0 aromatic heterocycles. The van der Waals surface area contributed by atoms with Crippen molar-refractivity contribution in [3.63, 3.8) is 0 Å². The Balaban J connectivity index is 1.90. The minimum atomic E-state index is -0.0288. The average molecular weight is 250 g/mol. The van der Waals surface area contributed by atoms with Crippen molar-refractivity contribution in [1.29, 1.82) is 0 Å². The number of hydrogen-bond acceptors (Lipinski definition) is 3. The molecule has 2 heterocycles. The van der Waals surface area contributed by atoms with Crippen molar-refractivity contribution in [2.24, 2.45) is 23.2 Å². The maximum atomic E-state index is 11.7. The molecule has 6 atom stereocenters. The number of allylic oxidation sites excluding steroid dienone is 1. The third-order valence-electron chi connectivity index (χ3n) is 5.51. The quantitative estimate of drug-likeness (QED) is 0.429. The summed E-state index contributed by atoms with van der Waals surface area (Å²) in [6.45, 7) is 11.2. The first-order valence-electron chi connectivity index (χ1n) is 6.88. The zero-order valence-electron chi connectivity index (χ0n) is 11.4. The first-order chi connectivity index (χ1) is 8.39. The minimum Gasteiger partial charge on any atom is -0.462 e. The Morgan fingerprint density at radius 3 is 2.67 bits per heavy atom. The summed E-state index contributed by atoms with van der Waals surface area (Å²) in [5.74, 6) is 0.811. The van der Waals surface area contributed by atoms with Crippen molar-refractivity contribution in [2.45, 2.75) is 45.3 Å². The lowest BCUT2D eigenvalue weighted by Gasteiger charge is -2.46. The Bertz CT molecular complexity index is 399. The summed E-state index contributed by atoms with van der Waals surface area (Å²) in [5, 5.41) is 0. The molecular formula is C15H22O3. The maximum Gasteiger partial charge on any atom is 0.309 e. The highest BCUT2D eigenvalue weighted by molar-refractivity contribution is 5.75. The maximum absolute atomic E-state index is 11.7. The average Bonchev–Trinajstić information content (AvgIpc) is 3.01. The Labute approximate surface area is 109 Å². The summed E-state index contributed by atoms with van der Waals surface area (Å²) in [4.78, 5) is 11.7. The van der Waals surface area contributed by atoms with Crippen LogP contribution in [-0.4, -0.2) is 24.3 Å². The molecule has 0 bridgehead atoms. The molecule has 0 aromatic rings. The van der Waals surface area contributed by atoms with Crippen molar-refractivity contribution >= 4 is 5.97 Å². The second kappa shape index (κ2) is 3.60. The molecule has 1 aliphatic carbocycles. The van der Waals surface area contributed by atoms with Gasteiger partial charge in [-0.2, -0.15) is 0 Å². The van der Waals surface area contributed by atoms with Crippen LogP contribution in [0.3, 0.4) is 0 Å². The van der Waals surface area contributed by atoms with Gasteiger partial charge < -0.3 is 9.47 Å². The van der Waals surface area contributed by atoms with Gasteiger partial charge in [0, 0.05) is 5.92 Å². The van der Waals surface area contributed by atoms with E-state index in [1.165, 1.54) is 0 Å². The van der Waals surface area contributed by atoms with Gasteiger partial charge in [0.15, 0.2) is 0 Å². The Hall–Kier alpha value is -0.830. The van der Waals surface area contributed by atoms with E-state index < -0.39 is 0 Å². The summed E-state index contributed by atoms with van der Waals surface area (Å²) in [5.41, 5.74) is -0.00394. The van der Waals surface area contributed by atoms with Crippen LogP contribution >= 0.6 is 0 Å². The number of fused-ring (bicyclic) bond motifs is 1. The largest absolute Gasteiger partial charge is 0.462 e. The second-order valence-electron chi connectivity index (χ2n) is 6.73. The molecule has 0 unspecified atom stereocenters. The third-order valence-corrected chi connectivity index (χ3v) is 5.51. The van der Waals surface area contributed by atoms with Gasteiger partial charge in [0.25, 0.3) is 0 Å². The molecule has 18 heavy (non-hydrogen) atoms. The molecule has 3 rings (SSSR count). The zero-order valence-corrected chi connectivity index (χ0v) is 11.4. The van der Waals surface area contributed by atoms with Crippen LogP contribution in [0, 0.1) is 23.2 Å². The van der Waals surface area contributed by atoms with Crippen molar-refractivity contribution < 1.29 is 14.3 Å². The summed E-state index contributed by atoms with van der Waals surface area (Å²) < 4.78 is 11.2. The Kier molecular flexibility index (Phi) is 2.44. The van der Waals surface area contributed by atoms with Crippen molar-refractivity contribution in [2.75, 3.05) is 6.61 Å². The van der Waals surface area contributed by atoms with Crippen LogP contribution in [0.15, 0.2) is 12.7 Å². The number of carbonyl (C=O) groups excluding carboxylic acids is 1. The van der Waals surface area contributed by atoms with Gasteiger partial charge in [-0.05, 0) is 31.1 Å². The fourth-order valence-electron chi connectivity index (χ4n) is 3.99. The van der Waals surface area contributed by atoms with Crippen molar-refractivity contribution in [3.8, 4) is 0 Å². The molecule has 100 valence electrons. The minimum absolute atomic E-state index is 0.0107. The van der Waals surface area contributed by atoms with Crippen LogP contribution < -0.4 is 0 Å². The van der Waals surface area contributed by atoms with Crippen LogP contribution in [0.2, 0.25) is 0 Å². The molecule has 3 fully saturated rings. The third kappa shape index (κ3) is 1.56. The van der Waals surface area contributed by atoms with Gasteiger partial charge >= 0.3 is 5.97 Å². The fraction of sp³-hybridized carbons (Fsp3) is 0.800. The molecule has 0 radical (unpaired) electrons. The number of esters is 1. The van der Waals surface area contributed by atoms with Gasteiger partial charge in [0.2, 0.25) is 0 Å². The second-order valence-corrected chi connectivity index (χ2v) is 6.73. The molecular weight excluding hydrogens is 228 g/mol. The van der Waals surface area contributed by atoms with E-state index in [0.717, 1.165) is 19.4 Å². The number of carbonyl (C=O) groups is 1. The van der Waals surface area contributed by atoms with Crippen LogP contribution in [0.1, 0.15) is 33.6 Å². The van der Waals surface area contributed by atoms with E-state index in [-0.39, 0.29) is 29.0 Å². The lowest BCUT2D eigenvalue weighted by atomic mass is 9.58. The molecule has 1 saturated carbocycles. The molecule has 2 aliphatic heterocycles. The lowest BCUT2D eigenvalue weighted by molar-refractivity contribution is -0.145. The van der Waals surface area contributed by atoms with Gasteiger partial charge in [-0.1, -0.05) is 19.9 Å². The predicted octanol–water partition coefficient (Wildman–Crippen LogP) is 2.56. The predicted molar refractivity (Wildman–Crippen MR) is 67.9 cm³/mol. The smallest absolute Gasteiger partial charge is 0.309 e. The number of ether oxygens (including phenoxy) is 2. The van der Waals surface area contributed by atoms with E-state index in [0.29, 0.717) is 11.8 Å². The molecule has 0 aromatic carbocycles. The highest BCUT2D eigenvalue weighted by Gasteiger charge is 2.60. The van der Waals surface area contributed by atoms with Crippen LogP contribution in [-0.2, 0) is 14.3 Å². The van der Waals surface area contributed by atoms with E-state index in [9.17, 15) is 4.79 Å². The van der Waals surface area contributed by atoms with Crippen molar-refractivity contribution in [3.05, 3.63) is 12.7 Å². The van der Waals surface area contributed by atoms with E-state index >= 15 is 0 Å². The summed E-state index contributed by atoms with van der Waals surface area (Å²) in [7, 11) is 0. The molecule has 0 amide bonds.